The molecule has 2 aromatic heterocycles. The van der Waals surface area contributed by atoms with Gasteiger partial charge in [0.15, 0.2) is 5.78 Å². The smallest absolute Gasteiger partial charge is 0.159 e. The predicted molar refractivity (Wildman–Crippen MR) is 159 cm³/mol. The molecule has 0 bridgehead atoms. The maximum atomic E-state index is 12.7. The summed E-state index contributed by atoms with van der Waals surface area (Å²) in [5.41, 5.74) is 3.06. The minimum Gasteiger partial charge on any atom is -0.494 e. The Kier molecular flexibility index (Phi) is 9.81. The number of aromatic nitrogens is 2. The van der Waals surface area contributed by atoms with E-state index >= 15 is 0 Å². The molecule has 204 valence electrons. The van der Waals surface area contributed by atoms with Crippen LogP contribution >= 0.6 is 11.6 Å². The average Bonchev–Trinajstić information content (AvgIpc) is 2.94. The fourth-order valence-electron chi connectivity index (χ4n) is 4.14. The summed E-state index contributed by atoms with van der Waals surface area (Å²) in [6.07, 6.45) is 8.89. The minimum atomic E-state index is -0.0245. The molecule has 1 N–H and O–H groups in total. The summed E-state index contributed by atoms with van der Waals surface area (Å²) < 4.78 is 11.7. The second kappa shape index (κ2) is 13.7. The molecule has 0 saturated heterocycles. The van der Waals surface area contributed by atoms with Crippen LogP contribution < -0.4 is 19.9 Å². The third-order valence-electron chi connectivity index (χ3n) is 6.03. The highest BCUT2D eigenvalue weighted by Crippen LogP contribution is 2.27. The largest absolute Gasteiger partial charge is 0.494 e. The van der Waals surface area contributed by atoms with Crippen molar-refractivity contribution in [1.82, 2.24) is 14.9 Å². The van der Waals surface area contributed by atoms with Crippen LogP contribution in [-0.4, -0.2) is 53.8 Å². The highest BCUT2D eigenvalue weighted by molar-refractivity contribution is 6.32. The maximum Gasteiger partial charge on any atom is 0.159 e. The van der Waals surface area contributed by atoms with E-state index in [1.165, 1.54) is 0 Å². The van der Waals surface area contributed by atoms with Crippen molar-refractivity contribution in [3.8, 4) is 11.5 Å². The number of benzene rings is 2. The van der Waals surface area contributed by atoms with E-state index < -0.39 is 0 Å². The molecular weight excluding hydrogens is 524 g/mol. The first kappa shape index (κ1) is 28.7. The quantitative estimate of drug-likeness (QED) is 0.220. The maximum absolute atomic E-state index is 12.7. The summed E-state index contributed by atoms with van der Waals surface area (Å²) in [5.74, 6) is 3.63. The van der Waals surface area contributed by atoms with Gasteiger partial charge in [-0.2, -0.15) is 0 Å². The molecule has 8 heteroatoms. The van der Waals surface area contributed by atoms with E-state index in [4.69, 9.17) is 26.5 Å². The van der Waals surface area contributed by atoms with Gasteiger partial charge in [-0.1, -0.05) is 29.8 Å². The highest BCUT2D eigenvalue weighted by atomic mass is 35.5. The fourth-order valence-corrected chi connectivity index (χ4v) is 4.38. The third-order valence-corrected chi connectivity index (χ3v) is 6.33. The van der Waals surface area contributed by atoms with E-state index in [-0.39, 0.29) is 12.2 Å². The minimum absolute atomic E-state index is 0.0245. The topological polar surface area (TPSA) is 88.4 Å². The molecule has 0 saturated carbocycles. The van der Waals surface area contributed by atoms with Crippen LogP contribution in [0.5, 0.6) is 11.5 Å². The third kappa shape index (κ3) is 7.42. The van der Waals surface area contributed by atoms with Gasteiger partial charge in [-0.15, -0.1) is 0 Å². The van der Waals surface area contributed by atoms with Crippen LogP contribution in [0, 0.1) is 5.41 Å². The van der Waals surface area contributed by atoms with E-state index in [2.05, 4.69) is 15.8 Å². The Hall–Kier alpha value is -4.29. The monoisotopic (exact) mass is 554 g/mol. The van der Waals surface area contributed by atoms with Crippen LogP contribution in [0.25, 0.3) is 17.0 Å². The number of carbonyl (C=O) groups is 1. The van der Waals surface area contributed by atoms with Crippen molar-refractivity contribution in [3.63, 3.8) is 0 Å². The zero-order valence-electron chi connectivity index (χ0n) is 22.8. The molecule has 0 atom stereocenters. The first-order valence-electron chi connectivity index (χ1n) is 12.9. The Morgan fingerprint density at radius 3 is 2.65 bits per heavy atom. The number of hydrogen-bond acceptors (Lipinski definition) is 7. The standard InChI is InChI=1S/C32H31ClN4O3/c1-4-39-32-18-30-28(17-23(32)16-26(38)9-7-13-37(2)3)27(24(19-34)20-36-30)14-22-10-11-31(29(33)15-22)40-21-25-8-5-6-12-35-25/h5-12,14-15,17-18,20,34H,4,13,16,21H2,1-3H3/b9-7+,27-14?. The Morgan fingerprint density at radius 2 is 1.95 bits per heavy atom. The van der Waals surface area contributed by atoms with Crippen LogP contribution in [-0.2, 0) is 17.8 Å². The van der Waals surface area contributed by atoms with Crippen LogP contribution in [0.15, 0.2) is 73.1 Å². The molecule has 0 unspecified atom stereocenters. The van der Waals surface area contributed by atoms with Crippen LogP contribution in [0.3, 0.4) is 0 Å². The number of pyridine rings is 2. The lowest BCUT2D eigenvalue weighted by atomic mass is 10.0. The van der Waals surface area contributed by atoms with Crippen molar-refractivity contribution in [1.29, 1.82) is 5.41 Å². The number of halogens is 1. The van der Waals surface area contributed by atoms with E-state index in [0.29, 0.717) is 47.0 Å². The number of fused-ring (bicyclic) bond motifs is 1. The number of allylic oxidation sites excluding steroid dienone is 1. The molecule has 4 rings (SSSR count). The van der Waals surface area contributed by atoms with E-state index in [9.17, 15) is 4.79 Å². The number of carbonyl (C=O) groups excluding carboxylic acids is 1. The van der Waals surface area contributed by atoms with Gasteiger partial charge in [0.2, 0.25) is 0 Å². The number of ketones is 1. The molecule has 0 aliphatic rings. The van der Waals surface area contributed by atoms with Gasteiger partial charge in [0, 0.05) is 47.6 Å². The second-order valence-corrected chi connectivity index (χ2v) is 9.78. The average molecular weight is 555 g/mol. The first-order chi connectivity index (χ1) is 19.4. The van der Waals surface area contributed by atoms with Gasteiger partial charge in [0.1, 0.15) is 18.1 Å². The number of nitrogens with one attached hydrogen (secondary N) is 1. The molecule has 40 heavy (non-hydrogen) atoms. The Morgan fingerprint density at radius 1 is 1.10 bits per heavy atom. The van der Waals surface area contributed by atoms with Gasteiger partial charge in [0.25, 0.3) is 0 Å². The van der Waals surface area contributed by atoms with Crippen molar-refractivity contribution < 1.29 is 14.3 Å². The summed E-state index contributed by atoms with van der Waals surface area (Å²) >= 11 is 6.56. The van der Waals surface area contributed by atoms with Crippen molar-refractivity contribution in [2.24, 2.45) is 0 Å². The van der Waals surface area contributed by atoms with Gasteiger partial charge in [0.05, 0.1) is 28.1 Å². The molecule has 2 aromatic carbocycles. The Bertz CT molecular complexity index is 1680. The molecular formula is C32H31ClN4O3. The molecule has 0 aliphatic heterocycles. The zero-order valence-corrected chi connectivity index (χ0v) is 23.5. The second-order valence-electron chi connectivity index (χ2n) is 9.37. The number of hydrogen-bond donors (Lipinski definition) is 1. The number of likely N-dealkylation sites (N-methyl/N-ethyl adjacent to an activating group) is 1. The molecule has 0 aliphatic carbocycles. The molecule has 7 nitrogen and oxygen atoms in total. The molecule has 0 radical (unpaired) electrons. The van der Waals surface area contributed by atoms with Crippen molar-refractivity contribution in [2.45, 2.75) is 20.0 Å². The summed E-state index contributed by atoms with van der Waals surface area (Å²) in [6, 6.07) is 14.9. The number of nitrogens with zero attached hydrogens (tertiary/aromatic N) is 3. The predicted octanol–water partition coefficient (Wildman–Crippen LogP) is 4.24. The summed E-state index contributed by atoms with van der Waals surface area (Å²) in [6.45, 7) is 3.35. The number of rotatable bonds is 11. The molecule has 4 aromatic rings. The van der Waals surface area contributed by atoms with Crippen LogP contribution in [0.2, 0.25) is 5.02 Å². The van der Waals surface area contributed by atoms with Gasteiger partial charge in [-0.3, -0.25) is 20.2 Å². The lowest BCUT2D eigenvalue weighted by Crippen LogP contribution is -2.27. The van der Waals surface area contributed by atoms with Crippen molar-refractivity contribution in [3.05, 3.63) is 105 Å². The van der Waals surface area contributed by atoms with Crippen molar-refractivity contribution in [2.75, 3.05) is 27.2 Å². The van der Waals surface area contributed by atoms with E-state index in [1.54, 1.807) is 18.5 Å². The van der Waals surface area contributed by atoms with E-state index in [1.807, 2.05) is 86.6 Å². The molecule has 2 heterocycles. The van der Waals surface area contributed by atoms with Crippen LogP contribution in [0.4, 0.5) is 0 Å². The van der Waals surface area contributed by atoms with Gasteiger partial charge in [-0.05, 0) is 74.9 Å². The van der Waals surface area contributed by atoms with Crippen molar-refractivity contribution >= 4 is 40.2 Å². The first-order valence-corrected chi connectivity index (χ1v) is 13.3. The molecule has 0 amide bonds. The molecule has 0 fully saturated rings. The summed E-state index contributed by atoms with van der Waals surface area (Å²) in [4.78, 5) is 23.5. The Balaban J connectivity index is 1.73. The SMILES string of the molecule is CCOc1cc2ncc(=C=N)c(=Cc3ccc(OCc4ccccn4)c(Cl)c3)c2cc1CC(=O)/C=C/CN(C)C. The lowest BCUT2D eigenvalue weighted by Gasteiger charge is -2.12. The van der Waals surface area contributed by atoms with Gasteiger partial charge >= 0.3 is 0 Å². The summed E-state index contributed by atoms with van der Waals surface area (Å²) in [7, 11) is 3.90. The van der Waals surface area contributed by atoms with Gasteiger partial charge < -0.3 is 14.4 Å². The fraction of sp³-hybridized carbons (Fsp3) is 0.219. The normalized spacial score (nSPS) is 11.8. The highest BCUT2D eigenvalue weighted by Gasteiger charge is 2.12. The number of ether oxygens (including phenoxy) is 2. The van der Waals surface area contributed by atoms with Crippen LogP contribution in [0.1, 0.15) is 23.7 Å². The molecule has 0 spiro atoms. The zero-order chi connectivity index (χ0) is 28.5. The lowest BCUT2D eigenvalue weighted by molar-refractivity contribution is -0.114. The van der Waals surface area contributed by atoms with E-state index in [0.717, 1.165) is 27.4 Å². The van der Waals surface area contributed by atoms with Gasteiger partial charge in [-0.25, -0.2) is 0 Å². The Labute approximate surface area is 238 Å². The summed E-state index contributed by atoms with van der Waals surface area (Å²) in [5, 5.41) is 10.4.